The topological polar surface area (TPSA) is 65.0 Å². The van der Waals surface area contributed by atoms with Crippen molar-refractivity contribution in [1.29, 1.82) is 0 Å². The normalized spacial score (nSPS) is 40.0. The largest absolute Gasteiger partial charge is 0.458 e. The zero-order valence-electron chi connectivity index (χ0n) is 12.3. The lowest BCUT2D eigenvalue weighted by molar-refractivity contribution is -0.433. The van der Waals surface area contributed by atoms with E-state index in [0.29, 0.717) is 11.8 Å². The number of esters is 1. The Hall–Kier alpha value is -0.440. The number of hydrogen-bond acceptors (Lipinski definition) is 6. The molecule has 0 spiro atoms. The summed E-state index contributed by atoms with van der Waals surface area (Å²) in [4.78, 5) is 12.5. The molecule has 2 atom stereocenters. The van der Waals surface area contributed by atoms with Gasteiger partial charge in [-0.15, -0.1) is 4.33 Å². The average molecular weight is 338 g/mol. The maximum Gasteiger partial charge on any atom is 0.354 e. The van der Waals surface area contributed by atoms with Crippen molar-refractivity contribution in [3.05, 3.63) is 0 Å². The van der Waals surface area contributed by atoms with Gasteiger partial charge in [0, 0.05) is 0 Å². The molecule has 22 heavy (non-hydrogen) atoms. The molecule has 0 radical (unpaired) electrons. The molecule has 4 aliphatic carbocycles. The number of carbonyl (C=O) groups excluding carboxylic acids is 1. The number of hydrogen-bond donors (Lipinski definition) is 1. The van der Waals surface area contributed by atoms with Gasteiger partial charge in [0.2, 0.25) is 0 Å². The Kier molecular flexibility index (Phi) is 4.16. The molecule has 0 aromatic heterocycles. The van der Waals surface area contributed by atoms with E-state index in [0.717, 1.165) is 38.5 Å². The number of ether oxygens (including phenoxy) is 1. The highest BCUT2D eigenvalue weighted by Gasteiger charge is 2.59. The van der Waals surface area contributed by atoms with Crippen LogP contribution in [0.4, 0.5) is 8.78 Å². The van der Waals surface area contributed by atoms with E-state index in [1.54, 1.807) is 0 Å². The van der Waals surface area contributed by atoms with Crippen molar-refractivity contribution in [2.45, 2.75) is 50.7 Å². The fraction of sp³-hybridized carbons (Fsp3) is 0.929. The van der Waals surface area contributed by atoms with Crippen LogP contribution >= 0.6 is 12.0 Å². The molecule has 4 saturated carbocycles. The number of alkyl halides is 2. The predicted molar refractivity (Wildman–Crippen MR) is 73.5 cm³/mol. The summed E-state index contributed by atoms with van der Waals surface area (Å²) in [7, 11) is 0. The molecule has 4 bridgehead atoms. The molecule has 8 heteroatoms. The molecule has 0 aromatic carbocycles. The van der Waals surface area contributed by atoms with E-state index in [2.05, 4.69) is 16.3 Å². The molecule has 5 nitrogen and oxygen atoms in total. The van der Waals surface area contributed by atoms with Crippen molar-refractivity contribution in [2.75, 3.05) is 6.61 Å². The molecule has 2 unspecified atom stereocenters. The van der Waals surface area contributed by atoms with Crippen molar-refractivity contribution in [1.82, 2.24) is 0 Å². The highest BCUT2D eigenvalue weighted by atomic mass is 32.2. The van der Waals surface area contributed by atoms with Crippen LogP contribution in [0.3, 0.4) is 0 Å². The smallest absolute Gasteiger partial charge is 0.354 e. The van der Waals surface area contributed by atoms with Crippen LogP contribution in [0.2, 0.25) is 0 Å². The van der Waals surface area contributed by atoms with E-state index >= 15 is 0 Å². The summed E-state index contributed by atoms with van der Waals surface area (Å²) in [5.74, 6) is 0.512. The summed E-state index contributed by atoms with van der Waals surface area (Å²) >= 11 is -0.386. The zero-order valence-corrected chi connectivity index (χ0v) is 13.2. The molecule has 0 aromatic rings. The number of rotatable bonds is 6. The summed E-state index contributed by atoms with van der Waals surface area (Å²) in [6, 6.07) is 0. The first kappa shape index (κ1) is 16.4. The highest BCUT2D eigenvalue weighted by Crippen LogP contribution is 2.65. The van der Waals surface area contributed by atoms with Gasteiger partial charge in [0.25, 0.3) is 0 Å². The Morgan fingerprint density at radius 2 is 1.95 bits per heavy atom. The quantitative estimate of drug-likeness (QED) is 0.344. The van der Waals surface area contributed by atoms with E-state index in [1.807, 2.05) is 0 Å². The molecule has 4 aliphatic rings. The molecule has 1 N–H and O–H groups in total. The minimum absolute atomic E-state index is 0.147. The third-order valence-corrected chi connectivity index (χ3v) is 5.83. The second-order valence-corrected chi connectivity index (χ2v) is 8.39. The maximum absolute atomic E-state index is 13.4. The fourth-order valence-corrected chi connectivity index (χ4v) is 5.59. The Labute approximate surface area is 131 Å². The SMILES string of the molecule is CC12CC3CC(C1)CC(C(=O)OCC(F)(F)SOOO)(C3)C2. The van der Waals surface area contributed by atoms with E-state index < -0.39 is 23.2 Å². The molecule has 4 rings (SSSR count). The first-order valence-electron chi connectivity index (χ1n) is 7.47. The van der Waals surface area contributed by atoms with Crippen molar-refractivity contribution in [2.24, 2.45) is 22.7 Å². The van der Waals surface area contributed by atoms with Crippen molar-refractivity contribution in [3.63, 3.8) is 0 Å². The standard InChI is InChI=1S/C14H20F2O5S/c1-12-3-9-2-10(4-12)6-13(5-9,7-12)11(17)19-8-14(15,16)22-21-20-18/h9-10,18H,2-8H2,1H3. The van der Waals surface area contributed by atoms with E-state index in [9.17, 15) is 13.6 Å². The van der Waals surface area contributed by atoms with Gasteiger partial charge in [-0.3, -0.25) is 4.79 Å². The summed E-state index contributed by atoms with van der Waals surface area (Å²) in [5, 5.41) is 7.58. The minimum atomic E-state index is -3.47. The van der Waals surface area contributed by atoms with Crippen molar-refractivity contribution < 1.29 is 32.9 Å². The van der Waals surface area contributed by atoms with Gasteiger partial charge in [-0.1, -0.05) is 12.0 Å². The lowest BCUT2D eigenvalue weighted by Crippen LogP contribution is -2.54. The second kappa shape index (κ2) is 5.58. The predicted octanol–water partition coefficient (Wildman–Crippen LogP) is 3.80. The van der Waals surface area contributed by atoms with E-state index in [1.165, 1.54) is 0 Å². The maximum atomic E-state index is 13.4. The Balaban J connectivity index is 1.63. The zero-order chi connectivity index (χ0) is 16.0. The summed E-state index contributed by atoms with van der Waals surface area (Å²) in [5.41, 5.74) is -0.442. The molecule has 0 heterocycles. The Bertz CT molecular complexity index is 445. The van der Waals surface area contributed by atoms with Crippen LogP contribution in [-0.2, 0) is 18.9 Å². The molecule has 4 fully saturated rings. The van der Waals surface area contributed by atoms with Gasteiger partial charge in [0.05, 0.1) is 5.41 Å². The molecular formula is C14H20F2O5S. The lowest BCUT2D eigenvalue weighted by Gasteiger charge is -2.59. The second-order valence-electron chi connectivity index (χ2n) is 7.49. The van der Waals surface area contributed by atoms with Gasteiger partial charge >= 0.3 is 11.2 Å². The van der Waals surface area contributed by atoms with Crippen LogP contribution < -0.4 is 0 Å². The van der Waals surface area contributed by atoms with E-state index in [4.69, 9.17) is 9.99 Å². The van der Waals surface area contributed by atoms with Crippen LogP contribution in [0.25, 0.3) is 0 Å². The number of carbonyl (C=O) groups is 1. The third kappa shape index (κ3) is 3.11. The molecular weight excluding hydrogens is 318 g/mol. The highest BCUT2D eigenvalue weighted by molar-refractivity contribution is 7.95. The fourth-order valence-electron chi connectivity index (χ4n) is 5.35. The van der Waals surface area contributed by atoms with Crippen LogP contribution in [0.5, 0.6) is 0 Å². The van der Waals surface area contributed by atoms with Crippen LogP contribution in [0.1, 0.15) is 45.4 Å². The van der Waals surface area contributed by atoms with Crippen LogP contribution in [-0.4, -0.2) is 23.1 Å². The van der Waals surface area contributed by atoms with Gasteiger partial charge < -0.3 is 4.74 Å². The van der Waals surface area contributed by atoms with Crippen LogP contribution in [0.15, 0.2) is 0 Å². The first-order chi connectivity index (χ1) is 10.3. The Morgan fingerprint density at radius 3 is 2.50 bits per heavy atom. The summed E-state index contributed by atoms with van der Waals surface area (Å²) < 4.78 is 35.4. The van der Waals surface area contributed by atoms with Crippen molar-refractivity contribution >= 4 is 18.0 Å². The molecule has 0 amide bonds. The van der Waals surface area contributed by atoms with Gasteiger partial charge in [0.1, 0.15) is 12.0 Å². The number of halogens is 2. The van der Waals surface area contributed by atoms with Crippen molar-refractivity contribution in [3.8, 4) is 0 Å². The molecule has 0 aliphatic heterocycles. The third-order valence-electron chi connectivity index (χ3n) is 5.34. The lowest BCUT2D eigenvalue weighted by atomic mass is 9.44. The summed E-state index contributed by atoms with van der Waals surface area (Å²) in [6.45, 7) is 1.11. The molecule has 0 saturated heterocycles. The summed E-state index contributed by atoms with van der Waals surface area (Å²) in [6.07, 6.45) is 5.66. The Morgan fingerprint density at radius 1 is 1.32 bits per heavy atom. The van der Waals surface area contributed by atoms with Gasteiger partial charge in [0.15, 0.2) is 6.61 Å². The van der Waals surface area contributed by atoms with Gasteiger partial charge in [-0.25, -0.2) is 5.26 Å². The van der Waals surface area contributed by atoms with Gasteiger partial charge in [-0.2, -0.15) is 8.78 Å². The van der Waals surface area contributed by atoms with Crippen LogP contribution in [0, 0.1) is 22.7 Å². The van der Waals surface area contributed by atoms with E-state index in [-0.39, 0.29) is 17.5 Å². The first-order valence-corrected chi connectivity index (χ1v) is 8.21. The minimum Gasteiger partial charge on any atom is -0.458 e. The average Bonchev–Trinajstić information content (AvgIpc) is 2.40. The molecule has 126 valence electrons. The van der Waals surface area contributed by atoms with Gasteiger partial charge in [-0.05, 0) is 55.8 Å². The monoisotopic (exact) mass is 338 g/mol.